The molecule has 1 atom stereocenters. The van der Waals surface area contributed by atoms with Crippen molar-refractivity contribution in [2.75, 3.05) is 26.3 Å². The molecule has 0 radical (unpaired) electrons. The number of carbonyl (C=O) groups excluding carboxylic acids is 2. The monoisotopic (exact) mass is 388 g/mol. The predicted molar refractivity (Wildman–Crippen MR) is 103 cm³/mol. The van der Waals surface area contributed by atoms with Crippen LogP contribution in [-0.2, 0) is 14.3 Å². The summed E-state index contributed by atoms with van der Waals surface area (Å²) in [6.07, 6.45) is 1.55. The lowest BCUT2D eigenvalue weighted by atomic mass is 9.69. The number of benzene rings is 1. The summed E-state index contributed by atoms with van der Waals surface area (Å²) < 4.78 is 5.45. The zero-order valence-corrected chi connectivity index (χ0v) is 16.6. The number of rotatable bonds is 2. The molecule has 1 fully saturated rings. The minimum atomic E-state index is -0.189. The van der Waals surface area contributed by atoms with E-state index in [-0.39, 0.29) is 23.0 Å². The molecule has 1 amide bonds. The fourth-order valence-electron chi connectivity index (χ4n) is 4.46. The molecule has 0 bridgehead atoms. The minimum absolute atomic E-state index is 0.0566. The van der Waals surface area contributed by atoms with Crippen molar-refractivity contribution in [3.8, 4) is 0 Å². The summed E-state index contributed by atoms with van der Waals surface area (Å²) in [6, 6.07) is 7.52. The number of nitrogens with zero attached hydrogens (tertiary/aromatic N) is 2. The largest absolute Gasteiger partial charge is 0.379 e. The van der Waals surface area contributed by atoms with Gasteiger partial charge in [-0.15, -0.1) is 0 Å². The SMILES string of the molecule is CC1(C)CC(=O)C2=C(C1)N(N1CCOCC1)C(=O)CC2c1ccc(Cl)cc1. The fourth-order valence-corrected chi connectivity index (χ4v) is 4.59. The Morgan fingerprint density at radius 3 is 2.41 bits per heavy atom. The van der Waals surface area contributed by atoms with E-state index in [1.807, 2.05) is 29.3 Å². The number of carbonyl (C=O) groups is 2. The number of allylic oxidation sites excluding steroid dienone is 2. The van der Waals surface area contributed by atoms with Gasteiger partial charge < -0.3 is 4.74 Å². The fraction of sp³-hybridized carbons (Fsp3) is 0.524. The summed E-state index contributed by atoms with van der Waals surface area (Å²) >= 11 is 6.03. The average molecular weight is 389 g/mol. The van der Waals surface area contributed by atoms with Gasteiger partial charge in [0.05, 0.1) is 13.2 Å². The highest BCUT2D eigenvalue weighted by atomic mass is 35.5. The second-order valence-electron chi connectivity index (χ2n) is 8.38. The van der Waals surface area contributed by atoms with Crippen LogP contribution in [0.4, 0.5) is 0 Å². The van der Waals surface area contributed by atoms with Crippen molar-refractivity contribution < 1.29 is 14.3 Å². The molecule has 1 aromatic carbocycles. The van der Waals surface area contributed by atoms with Crippen LogP contribution in [0.1, 0.15) is 44.6 Å². The summed E-state index contributed by atoms with van der Waals surface area (Å²) in [7, 11) is 0. The van der Waals surface area contributed by atoms with Crippen molar-refractivity contribution in [2.24, 2.45) is 5.41 Å². The third kappa shape index (κ3) is 3.56. The minimum Gasteiger partial charge on any atom is -0.379 e. The number of hydrogen-bond donors (Lipinski definition) is 0. The van der Waals surface area contributed by atoms with Crippen LogP contribution in [-0.4, -0.2) is 48.0 Å². The molecule has 4 rings (SSSR count). The molecule has 144 valence electrons. The third-order valence-corrected chi connectivity index (χ3v) is 5.91. The Labute approximate surface area is 164 Å². The van der Waals surface area contributed by atoms with Crippen LogP contribution in [0.25, 0.3) is 0 Å². The van der Waals surface area contributed by atoms with E-state index in [2.05, 4.69) is 13.8 Å². The Balaban J connectivity index is 1.81. The summed E-state index contributed by atoms with van der Waals surface area (Å²) in [5.74, 6) is 0.0266. The van der Waals surface area contributed by atoms with E-state index < -0.39 is 0 Å². The number of ketones is 1. The lowest BCUT2D eigenvalue weighted by Crippen LogP contribution is -2.55. The van der Waals surface area contributed by atoms with Crippen LogP contribution < -0.4 is 0 Å². The van der Waals surface area contributed by atoms with Crippen LogP contribution in [0.15, 0.2) is 35.5 Å². The maximum Gasteiger partial charge on any atom is 0.242 e. The highest BCUT2D eigenvalue weighted by molar-refractivity contribution is 6.30. The number of amides is 1. The summed E-state index contributed by atoms with van der Waals surface area (Å²) in [5, 5.41) is 4.50. The van der Waals surface area contributed by atoms with Crippen LogP contribution in [0.5, 0.6) is 0 Å². The normalized spacial score (nSPS) is 26.3. The van der Waals surface area contributed by atoms with Crippen LogP contribution in [0.2, 0.25) is 5.02 Å². The molecule has 0 saturated carbocycles. The van der Waals surface area contributed by atoms with Crippen molar-refractivity contribution in [3.05, 3.63) is 46.1 Å². The summed E-state index contributed by atoms with van der Waals surface area (Å²) in [5.41, 5.74) is 2.52. The molecule has 0 spiro atoms. The Morgan fingerprint density at radius 1 is 1.07 bits per heavy atom. The quantitative estimate of drug-likeness (QED) is 0.777. The van der Waals surface area contributed by atoms with E-state index in [1.165, 1.54) is 0 Å². The van der Waals surface area contributed by atoms with Crippen molar-refractivity contribution >= 4 is 23.3 Å². The molecule has 1 unspecified atom stereocenters. The molecular weight excluding hydrogens is 364 g/mol. The summed E-state index contributed by atoms with van der Waals surface area (Å²) in [6.45, 7) is 6.74. The van der Waals surface area contributed by atoms with Crippen molar-refractivity contribution in [1.82, 2.24) is 10.0 Å². The first-order valence-electron chi connectivity index (χ1n) is 9.53. The second-order valence-corrected chi connectivity index (χ2v) is 8.82. The first-order valence-corrected chi connectivity index (χ1v) is 9.91. The van der Waals surface area contributed by atoms with Gasteiger partial charge in [-0.2, -0.15) is 0 Å². The number of morpholine rings is 1. The molecule has 2 heterocycles. The smallest absolute Gasteiger partial charge is 0.242 e. The van der Waals surface area contributed by atoms with Gasteiger partial charge in [0.25, 0.3) is 0 Å². The first kappa shape index (κ1) is 18.7. The average Bonchev–Trinajstić information content (AvgIpc) is 2.61. The molecule has 1 aliphatic carbocycles. The maximum absolute atomic E-state index is 13.2. The van der Waals surface area contributed by atoms with Gasteiger partial charge in [-0.1, -0.05) is 37.6 Å². The highest BCUT2D eigenvalue weighted by Crippen LogP contribution is 2.47. The Morgan fingerprint density at radius 2 is 1.74 bits per heavy atom. The van der Waals surface area contributed by atoms with Gasteiger partial charge in [-0.3, -0.25) is 9.59 Å². The van der Waals surface area contributed by atoms with Crippen molar-refractivity contribution in [1.29, 1.82) is 0 Å². The van der Waals surface area contributed by atoms with Gasteiger partial charge in [0.15, 0.2) is 5.78 Å². The van der Waals surface area contributed by atoms with Crippen LogP contribution >= 0.6 is 11.6 Å². The molecule has 1 saturated heterocycles. The Kier molecular flexibility index (Phi) is 4.87. The lowest BCUT2D eigenvalue weighted by molar-refractivity contribution is -0.154. The topological polar surface area (TPSA) is 49.9 Å². The Hall–Kier alpha value is -1.69. The molecule has 2 aliphatic heterocycles. The van der Waals surface area contributed by atoms with E-state index >= 15 is 0 Å². The molecule has 1 aromatic rings. The number of hydrazine groups is 1. The summed E-state index contributed by atoms with van der Waals surface area (Å²) in [4.78, 5) is 26.4. The van der Waals surface area contributed by atoms with Crippen LogP contribution in [0, 0.1) is 5.41 Å². The number of halogens is 1. The van der Waals surface area contributed by atoms with E-state index in [1.54, 1.807) is 5.01 Å². The molecule has 5 nitrogen and oxygen atoms in total. The molecule has 6 heteroatoms. The first-order chi connectivity index (χ1) is 12.9. The highest BCUT2D eigenvalue weighted by Gasteiger charge is 2.45. The zero-order chi connectivity index (χ0) is 19.2. The molecule has 3 aliphatic rings. The zero-order valence-electron chi connectivity index (χ0n) is 15.8. The standard InChI is InChI=1S/C21H25ClN2O3/c1-21(2)12-17-20(18(25)13-21)16(14-3-5-15(22)6-4-14)11-19(26)24(17)23-7-9-27-10-8-23/h3-6,16H,7-13H2,1-2H3. The second kappa shape index (κ2) is 7.04. The van der Waals surface area contributed by atoms with E-state index in [0.717, 1.165) is 23.3 Å². The number of ether oxygens (including phenoxy) is 1. The van der Waals surface area contributed by atoms with Gasteiger partial charge in [0, 0.05) is 48.1 Å². The van der Waals surface area contributed by atoms with E-state index in [0.29, 0.717) is 44.2 Å². The van der Waals surface area contributed by atoms with Crippen molar-refractivity contribution in [3.63, 3.8) is 0 Å². The van der Waals surface area contributed by atoms with E-state index in [4.69, 9.17) is 16.3 Å². The van der Waals surface area contributed by atoms with Gasteiger partial charge in [0.1, 0.15) is 0 Å². The number of Topliss-reactive ketones (excluding diaryl/α,β-unsaturated/α-hetero) is 1. The third-order valence-electron chi connectivity index (χ3n) is 5.66. The molecular formula is C21H25ClN2O3. The molecule has 0 aromatic heterocycles. The molecule has 0 N–H and O–H groups in total. The Bertz CT molecular complexity index is 794. The number of hydrogen-bond acceptors (Lipinski definition) is 4. The van der Waals surface area contributed by atoms with Crippen LogP contribution in [0.3, 0.4) is 0 Å². The maximum atomic E-state index is 13.2. The van der Waals surface area contributed by atoms with Gasteiger partial charge >= 0.3 is 0 Å². The van der Waals surface area contributed by atoms with Crippen molar-refractivity contribution in [2.45, 2.75) is 39.0 Å². The lowest BCUT2D eigenvalue weighted by Gasteiger charge is -2.47. The molecule has 27 heavy (non-hydrogen) atoms. The predicted octanol–water partition coefficient (Wildman–Crippen LogP) is 3.55. The van der Waals surface area contributed by atoms with Gasteiger partial charge in [0.2, 0.25) is 5.91 Å². The van der Waals surface area contributed by atoms with E-state index in [9.17, 15) is 9.59 Å². The van der Waals surface area contributed by atoms with Gasteiger partial charge in [-0.05, 0) is 29.5 Å². The van der Waals surface area contributed by atoms with Gasteiger partial charge in [-0.25, -0.2) is 10.0 Å².